The molecule has 84 valence electrons. The number of benzene rings is 1. The monoisotopic (exact) mass is 215 g/mol. The van der Waals surface area contributed by atoms with Crippen molar-refractivity contribution in [2.24, 2.45) is 0 Å². The summed E-state index contributed by atoms with van der Waals surface area (Å²) in [4.78, 5) is 14.2. The fourth-order valence-corrected chi connectivity index (χ4v) is 2.22. The first-order valence-corrected chi connectivity index (χ1v) is 5.72. The van der Waals surface area contributed by atoms with E-state index in [9.17, 15) is 4.79 Å². The SMILES string of the molecule is C=CCN1CCC(=O)C(c2ccccc2)C1. The zero-order valence-electron chi connectivity index (χ0n) is 9.43. The highest BCUT2D eigenvalue weighted by Crippen LogP contribution is 2.23. The Bertz CT molecular complexity index is 372. The average Bonchev–Trinajstić information content (AvgIpc) is 2.33. The molecule has 1 fully saturated rings. The number of piperidine rings is 1. The molecule has 0 saturated carbocycles. The minimum Gasteiger partial charge on any atom is -0.299 e. The van der Waals surface area contributed by atoms with Gasteiger partial charge in [-0.1, -0.05) is 36.4 Å². The van der Waals surface area contributed by atoms with Crippen LogP contribution in [-0.4, -0.2) is 30.3 Å². The number of hydrogen-bond acceptors (Lipinski definition) is 2. The maximum Gasteiger partial charge on any atom is 0.142 e. The van der Waals surface area contributed by atoms with E-state index in [4.69, 9.17) is 0 Å². The molecule has 1 saturated heterocycles. The lowest BCUT2D eigenvalue weighted by Gasteiger charge is -2.31. The van der Waals surface area contributed by atoms with Crippen molar-refractivity contribution in [3.05, 3.63) is 48.6 Å². The standard InChI is InChI=1S/C14H17NO/c1-2-9-15-10-8-14(16)13(11-15)12-6-4-3-5-7-12/h2-7,13H,1,8-11H2. The van der Waals surface area contributed by atoms with Crippen molar-refractivity contribution in [2.45, 2.75) is 12.3 Å². The average molecular weight is 215 g/mol. The van der Waals surface area contributed by atoms with Crippen molar-refractivity contribution in [2.75, 3.05) is 19.6 Å². The molecule has 1 aromatic carbocycles. The molecular formula is C14H17NO. The van der Waals surface area contributed by atoms with E-state index in [0.717, 1.165) is 25.2 Å². The molecule has 0 spiro atoms. The van der Waals surface area contributed by atoms with Crippen LogP contribution in [0.5, 0.6) is 0 Å². The molecule has 0 bridgehead atoms. The first-order chi connectivity index (χ1) is 7.81. The molecule has 2 nitrogen and oxygen atoms in total. The van der Waals surface area contributed by atoms with E-state index in [2.05, 4.69) is 11.5 Å². The highest BCUT2D eigenvalue weighted by atomic mass is 16.1. The number of likely N-dealkylation sites (tertiary alicyclic amines) is 1. The highest BCUT2D eigenvalue weighted by Gasteiger charge is 2.27. The van der Waals surface area contributed by atoms with Gasteiger partial charge in [-0.05, 0) is 5.56 Å². The third-order valence-electron chi connectivity index (χ3n) is 3.09. The Hall–Kier alpha value is -1.41. The molecule has 0 N–H and O–H groups in total. The van der Waals surface area contributed by atoms with Crippen LogP contribution in [0.1, 0.15) is 17.9 Å². The zero-order valence-corrected chi connectivity index (χ0v) is 9.43. The van der Waals surface area contributed by atoms with Crippen LogP contribution >= 0.6 is 0 Å². The topological polar surface area (TPSA) is 20.3 Å². The number of nitrogens with zero attached hydrogens (tertiary/aromatic N) is 1. The highest BCUT2D eigenvalue weighted by molar-refractivity contribution is 5.86. The van der Waals surface area contributed by atoms with E-state index in [0.29, 0.717) is 12.2 Å². The third-order valence-corrected chi connectivity index (χ3v) is 3.09. The Morgan fingerprint density at radius 1 is 1.38 bits per heavy atom. The zero-order chi connectivity index (χ0) is 11.4. The van der Waals surface area contributed by atoms with E-state index in [-0.39, 0.29) is 5.92 Å². The Labute approximate surface area is 96.6 Å². The molecule has 2 heteroatoms. The molecule has 0 radical (unpaired) electrons. The number of carbonyl (C=O) groups excluding carboxylic acids is 1. The predicted octanol–water partition coefficient (Wildman–Crippen LogP) is 2.23. The van der Waals surface area contributed by atoms with Crippen LogP contribution in [-0.2, 0) is 4.79 Å². The van der Waals surface area contributed by atoms with E-state index < -0.39 is 0 Å². The second-order valence-corrected chi connectivity index (χ2v) is 4.23. The van der Waals surface area contributed by atoms with Gasteiger partial charge in [-0.15, -0.1) is 6.58 Å². The van der Waals surface area contributed by atoms with Crippen LogP contribution in [0.3, 0.4) is 0 Å². The van der Waals surface area contributed by atoms with Crippen LogP contribution in [0.25, 0.3) is 0 Å². The molecule has 16 heavy (non-hydrogen) atoms. The van der Waals surface area contributed by atoms with Gasteiger partial charge in [-0.25, -0.2) is 0 Å². The summed E-state index contributed by atoms with van der Waals surface area (Å²) in [6, 6.07) is 10.1. The summed E-state index contributed by atoms with van der Waals surface area (Å²) in [5.41, 5.74) is 1.14. The molecule has 1 aliphatic heterocycles. The van der Waals surface area contributed by atoms with Crippen LogP contribution in [0.2, 0.25) is 0 Å². The van der Waals surface area contributed by atoms with Gasteiger partial charge >= 0.3 is 0 Å². The van der Waals surface area contributed by atoms with E-state index in [1.54, 1.807) is 0 Å². The van der Waals surface area contributed by atoms with Crippen LogP contribution in [0.15, 0.2) is 43.0 Å². The first kappa shape index (κ1) is 11.1. The molecule has 1 aromatic rings. The molecule has 0 amide bonds. The van der Waals surface area contributed by atoms with Gasteiger partial charge in [0, 0.05) is 26.1 Å². The van der Waals surface area contributed by atoms with E-state index in [1.807, 2.05) is 36.4 Å². The van der Waals surface area contributed by atoms with Gasteiger partial charge in [0.2, 0.25) is 0 Å². The number of hydrogen-bond donors (Lipinski definition) is 0. The van der Waals surface area contributed by atoms with Gasteiger partial charge in [0.25, 0.3) is 0 Å². The lowest BCUT2D eigenvalue weighted by molar-refractivity contribution is -0.123. The molecule has 0 aliphatic carbocycles. The largest absolute Gasteiger partial charge is 0.299 e. The Morgan fingerprint density at radius 2 is 2.12 bits per heavy atom. The van der Waals surface area contributed by atoms with Crippen molar-refractivity contribution in [3.63, 3.8) is 0 Å². The summed E-state index contributed by atoms with van der Waals surface area (Å²) < 4.78 is 0. The molecule has 1 atom stereocenters. The molecule has 2 rings (SSSR count). The minimum atomic E-state index is 0.0508. The van der Waals surface area contributed by atoms with E-state index >= 15 is 0 Å². The second kappa shape index (κ2) is 5.08. The van der Waals surface area contributed by atoms with Gasteiger partial charge in [0.15, 0.2) is 0 Å². The van der Waals surface area contributed by atoms with Gasteiger partial charge in [0.05, 0.1) is 5.92 Å². The molecule has 1 unspecified atom stereocenters. The normalized spacial score (nSPS) is 22.0. The van der Waals surface area contributed by atoms with Crippen LogP contribution in [0, 0.1) is 0 Å². The summed E-state index contributed by atoms with van der Waals surface area (Å²) >= 11 is 0. The van der Waals surface area contributed by atoms with Crippen molar-refractivity contribution < 1.29 is 4.79 Å². The fraction of sp³-hybridized carbons (Fsp3) is 0.357. The summed E-state index contributed by atoms with van der Waals surface area (Å²) in [5.74, 6) is 0.418. The lowest BCUT2D eigenvalue weighted by atomic mass is 9.89. The summed E-state index contributed by atoms with van der Waals surface area (Å²) in [7, 11) is 0. The van der Waals surface area contributed by atoms with Crippen molar-refractivity contribution in [3.8, 4) is 0 Å². The molecule has 0 aromatic heterocycles. The summed E-state index contributed by atoms with van der Waals surface area (Å²) in [6.45, 7) is 6.31. The minimum absolute atomic E-state index is 0.0508. The number of ketones is 1. The van der Waals surface area contributed by atoms with Gasteiger partial charge in [-0.2, -0.15) is 0 Å². The van der Waals surface area contributed by atoms with Crippen LogP contribution < -0.4 is 0 Å². The Morgan fingerprint density at radius 3 is 2.81 bits per heavy atom. The van der Waals surface area contributed by atoms with Crippen molar-refractivity contribution >= 4 is 5.78 Å². The van der Waals surface area contributed by atoms with Gasteiger partial charge < -0.3 is 0 Å². The number of carbonyl (C=O) groups is 1. The lowest BCUT2D eigenvalue weighted by Crippen LogP contribution is -2.39. The first-order valence-electron chi connectivity index (χ1n) is 5.72. The van der Waals surface area contributed by atoms with E-state index in [1.165, 1.54) is 0 Å². The number of rotatable bonds is 3. The Balaban J connectivity index is 2.13. The van der Waals surface area contributed by atoms with Gasteiger partial charge in [0.1, 0.15) is 5.78 Å². The maximum atomic E-state index is 11.9. The summed E-state index contributed by atoms with van der Waals surface area (Å²) in [5, 5.41) is 0. The quantitative estimate of drug-likeness (QED) is 0.721. The Kier molecular flexibility index (Phi) is 3.52. The second-order valence-electron chi connectivity index (χ2n) is 4.23. The van der Waals surface area contributed by atoms with Gasteiger partial charge in [-0.3, -0.25) is 9.69 Å². The fourth-order valence-electron chi connectivity index (χ4n) is 2.22. The molecular weight excluding hydrogens is 198 g/mol. The summed E-state index contributed by atoms with van der Waals surface area (Å²) in [6.07, 6.45) is 2.56. The third kappa shape index (κ3) is 2.39. The smallest absolute Gasteiger partial charge is 0.142 e. The van der Waals surface area contributed by atoms with Crippen molar-refractivity contribution in [1.29, 1.82) is 0 Å². The predicted molar refractivity (Wildman–Crippen MR) is 65.4 cm³/mol. The number of Topliss-reactive ketones (excluding diaryl/α,β-unsaturated/α-hetero) is 1. The van der Waals surface area contributed by atoms with Crippen molar-refractivity contribution in [1.82, 2.24) is 4.90 Å². The van der Waals surface area contributed by atoms with Crippen LogP contribution in [0.4, 0.5) is 0 Å². The molecule has 1 aliphatic rings. The maximum absolute atomic E-state index is 11.9. The molecule has 1 heterocycles.